The number of aromatic nitrogens is 3. The van der Waals surface area contributed by atoms with Crippen molar-refractivity contribution < 1.29 is 20.2 Å². The molecule has 10 nitrogen and oxygen atoms in total. The Balaban J connectivity index is 0.00000316. The minimum absolute atomic E-state index is 0. The highest BCUT2D eigenvalue weighted by molar-refractivity contribution is 6.49. The molecule has 212 valence electrons. The lowest BCUT2D eigenvalue weighted by atomic mass is 9.98. The van der Waals surface area contributed by atoms with Crippen LogP contribution in [0.3, 0.4) is 0 Å². The second-order valence-corrected chi connectivity index (χ2v) is 11.2. The van der Waals surface area contributed by atoms with E-state index in [1.54, 1.807) is 27.9 Å². The number of piperidine rings is 1. The molecular formula is C30H32FN7O3. The predicted molar refractivity (Wildman–Crippen MR) is 153 cm³/mol. The van der Waals surface area contributed by atoms with Crippen molar-refractivity contribution in [2.75, 3.05) is 33.7 Å². The van der Waals surface area contributed by atoms with Gasteiger partial charge in [0.15, 0.2) is 0 Å². The molecule has 3 aliphatic rings. The van der Waals surface area contributed by atoms with Crippen molar-refractivity contribution in [3.63, 3.8) is 0 Å². The number of amides is 4. The standard InChI is InChI=1S/C30H30FN7O3.H2/c1-34(2)20-6-9-35(10-7-20)30(41)37-12-11-36-17-22(21-14-19(31)13-18(16-37)27(21)36)25-26(29(40)33-28(25)39)23-15-32-24-5-3-4-8-38(23)24;/h3-5,8,13-15,17,20H,6-7,9-12,16H2,1-2H3,(H,33,39,40);1H. The summed E-state index contributed by atoms with van der Waals surface area (Å²) in [6, 6.07) is 8.78. The van der Waals surface area contributed by atoms with Crippen LogP contribution < -0.4 is 5.32 Å². The van der Waals surface area contributed by atoms with Gasteiger partial charge in [-0.3, -0.25) is 19.3 Å². The number of imidazole rings is 1. The lowest BCUT2D eigenvalue weighted by molar-refractivity contribution is -0.122. The quantitative estimate of drug-likeness (QED) is 0.391. The van der Waals surface area contributed by atoms with Crippen LogP contribution in [0.1, 0.15) is 31.1 Å². The molecule has 7 rings (SSSR count). The Kier molecular flexibility index (Phi) is 5.93. The molecule has 4 aromatic rings. The zero-order valence-corrected chi connectivity index (χ0v) is 22.9. The Bertz CT molecular complexity index is 1780. The van der Waals surface area contributed by atoms with Gasteiger partial charge in [-0.1, -0.05) is 6.07 Å². The van der Waals surface area contributed by atoms with E-state index in [1.807, 2.05) is 27.7 Å². The van der Waals surface area contributed by atoms with Crippen molar-refractivity contribution in [2.45, 2.75) is 32.0 Å². The van der Waals surface area contributed by atoms with Crippen LogP contribution in [0.5, 0.6) is 0 Å². The summed E-state index contributed by atoms with van der Waals surface area (Å²) in [6.07, 6.45) is 7.00. The molecule has 0 bridgehead atoms. The molecule has 3 aliphatic heterocycles. The molecule has 0 aliphatic carbocycles. The number of carbonyl (C=O) groups is 3. The summed E-state index contributed by atoms with van der Waals surface area (Å²) in [4.78, 5) is 50.1. The summed E-state index contributed by atoms with van der Waals surface area (Å²) >= 11 is 0. The number of halogens is 1. The van der Waals surface area contributed by atoms with Gasteiger partial charge < -0.3 is 19.3 Å². The Morgan fingerprint density at radius 2 is 1.83 bits per heavy atom. The summed E-state index contributed by atoms with van der Waals surface area (Å²) in [7, 11) is 4.13. The summed E-state index contributed by atoms with van der Waals surface area (Å²) in [5.41, 5.74) is 3.44. The van der Waals surface area contributed by atoms with Crippen molar-refractivity contribution in [1.29, 1.82) is 0 Å². The highest BCUT2D eigenvalue weighted by Gasteiger charge is 2.37. The number of likely N-dealkylation sites (tertiary alicyclic amines) is 1. The zero-order valence-electron chi connectivity index (χ0n) is 22.9. The number of urea groups is 1. The average molecular weight is 558 g/mol. The van der Waals surface area contributed by atoms with Crippen LogP contribution >= 0.6 is 0 Å². The van der Waals surface area contributed by atoms with E-state index in [1.165, 1.54) is 12.1 Å². The van der Waals surface area contributed by atoms with Crippen LogP contribution in [-0.4, -0.2) is 86.3 Å². The summed E-state index contributed by atoms with van der Waals surface area (Å²) in [5, 5.41) is 2.96. The molecule has 1 fully saturated rings. The maximum absolute atomic E-state index is 15.1. The number of imide groups is 1. The van der Waals surface area contributed by atoms with Crippen molar-refractivity contribution in [3.05, 3.63) is 71.6 Å². The smallest absolute Gasteiger partial charge is 0.320 e. The molecule has 0 unspecified atom stereocenters. The van der Waals surface area contributed by atoms with E-state index in [9.17, 15) is 14.4 Å². The fraction of sp³-hybridized carbons (Fsp3) is 0.333. The zero-order chi connectivity index (χ0) is 28.4. The normalized spacial score (nSPS) is 18.2. The Labute approximate surface area is 237 Å². The van der Waals surface area contributed by atoms with Crippen molar-refractivity contribution >= 4 is 45.5 Å². The molecule has 4 amide bonds. The first-order valence-electron chi connectivity index (χ1n) is 13.8. The molecule has 41 heavy (non-hydrogen) atoms. The maximum atomic E-state index is 15.1. The highest BCUT2D eigenvalue weighted by atomic mass is 19.1. The van der Waals surface area contributed by atoms with E-state index in [4.69, 9.17) is 0 Å². The van der Waals surface area contributed by atoms with E-state index < -0.39 is 17.6 Å². The van der Waals surface area contributed by atoms with Gasteiger partial charge in [-0.05, 0) is 56.8 Å². The number of nitrogens with zero attached hydrogens (tertiary/aromatic N) is 6. The summed E-state index contributed by atoms with van der Waals surface area (Å²) < 4.78 is 18.9. The van der Waals surface area contributed by atoms with Gasteiger partial charge in [-0.15, -0.1) is 0 Å². The lowest BCUT2D eigenvalue weighted by Crippen LogP contribution is -2.49. The lowest BCUT2D eigenvalue weighted by Gasteiger charge is -2.37. The molecule has 6 heterocycles. The average Bonchev–Trinajstić information content (AvgIpc) is 3.58. The molecular weight excluding hydrogens is 525 g/mol. The fourth-order valence-electron chi connectivity index (χ4n) is 6.51. The van der Waals surface area contributed by atoms with Crippen molar-refractivity contribution in [3.8, 4) is 0 Å². The number of nitrogens with one attached hydrogen (secondary N) is 1. The number of benzene rings is 1. The van der Waals surface area contributed by atoms with Gasteiger partial charge >= 0.3 is 6.03 Å². The summed E-state index contributed by atoms with van der Waals surface area (Å²) in [6.45, 7) is 2.56. The second kappa shape index (κ2) is 9.55. The van der Waals surface area contributed by atoms with E-state index in [0.29, 0.717) is 60.1 Å². The number of carbonyl (C=O) groups excluding carboxylic acids is 3. The van der Waals surface area contributed by atoms with Gasteiger partial charge in [-0.2, -0.15) is 0 Å². The van der Waals surface area contributed by atoms with E-state index in [2.05, 4.69) is 29.3 Å². The van der Waals surface area contributed by atoms with Gasteiger partial charge in [-0.25, -0.2) is 14.2 Å². The molecule has 0 saturated carbocycles. The van der Waals surface area contributed by atoms with Gasteiger partial charge in [0.05, 0.1) is 28.6 Å². The fourth-order valence-corrected chi connectivity index (χ4v) is 6.51. The van der Waals surface area contributed by atoms with Crippen molar-refractivity contribution in [2.24, 2.45) is 0 Å². The summed E-state index contributed by atoms with van der Waals surface area (Å²) in [5.74, 6) is -1.51. The van der Waals surface area contributed by atoms with Gasteiger partial charge in [0.25, 0.3) is 11.8 Å². The van der Waals surface area contributed by atoms with Gasteiger partial charge in [0.1, 0.15) is 11.5 Å². The van der Waals surface area contributed by atoms with E-state index >= 15 is 4.39 Å². The molecule has 11 heteroatoms. The van der Waals surface area contributed by atoms with Crippen LogP contribution in [0, 0.1) is 5.82 Å². The van der Waals surface area contributed by atoms with Crippen molar-refractivity contribution in [1.82, 2.24) is 34.0 Å². The van der Waals surface area contributed by atoms with E-state index in [0.717, 1.165) is 18.4 Å². The SMILES string of the molecule is CN(C)C1CCN(C(=O)N2CCn3cc(C4=C(c5cnc6ccccn56)C(=O)NC4=O)c4cc(F)cc(c43)C2)CC1.[HH]. The third-order valence-electron chi connectivity index (χ3n) is 8.60. The Morgan fingerprint density at radius 1 is 1.05 bits per heavy atom. The van der Waals surface area contributed by atoms with Crippen LogP contribution in [-0.2, 0) is 22.7 Å². The number of hydrogen-bond donors (Lipinski definition) is 1. The minimum Gasteiger partial charge on any atom is -0.345 e. The maximum Gasteiger partial charge on any atom is 0.320 e. The highest BCUT2D eigenvalue weighted by Crippen LogP contribution is 2.38. The number of hydrogen-bond acceptors (Lipinski definition) is 5. The van der Waals surface area contributed by atoms with Crippen LogP contribution in [0.15, 0.2) is 48.9 Å². The largest absolute Gasteiger partial charge is 0.345 e. The van der Waals surface area contributed by atoms with Gasteiger partial charge in [0.2, 0.25) is 0 Å². The Morgan fingerprint density at radius 3 is 2.61 bits per heavy atom. The first-order chi connectivity index (χ1) is 19.8. The van der Waals surface area contributed by atoms with Crippen LogP contribution in [0.4, 0.5) is 9.18 Å². The Hall–Kier alpha value is -4.51. The van der Waals surface area contributed by atoms with Crippen LogP contribution in [0.25, 0.3) is 27.7 Å². The molecule has 1 N–H and O–H groups in total. The molecule has 0 radical (unpaired) electrons. The molecule has 1 aromatic carbocycles. The van der Waals surface area contributed by atoms with E-state index in [-0.39, 0.29) is 25.1 Å². The topological polar surface area (TPSA) is 95.2 Å². The molecule has 3 aromatic heterocycles. The number of rotatable bonds is 3. The van der Waals surface area contributed by atoms with Gasteiger partial charge in [0, 0.05) is 63.5 Å². The molecule has 0 spiro atoms. The first kappa shape index (κ1) is 25.5. The monoisotopic (exact) mass is 557 g/mol. The third-order valence-corrected chi connectivity index (χ3v) is 8.60. The molecule has 0 atom stereocenters. The predicted octanol–water partition coefficient (Wildman–Crippen LogP) is 3.20. The number of pyridine rings is 1. The third kappa shape index (κ3) is 4.10. The number of fused-ring (bicyclic) bond motifs is 1. The first-order valence-corrected chi connectivity index (χ1v) is 13.8. The minimum atomic E-state index is -0.532. The second-order valence-electron chi connectivity index (χ2n) is 11.2. The molecule has 1 saturated heterocycles. The van der Waals surface area contributed by atoms with Crippen LogP contribution in [0.2, 0.25) is 0 Å².